The minimum absolute atomic E-state index is 0.0984. The molecule has 0 aromatic heterocycles. The van der Waals surface area contributed by atoms with E-state index in [2.05, 4.69) is 26.6 Å². The Morgan fingerprint density at radius 1 is 1.18 bits per heavy atom. The molecule has 2 aromatic carbocycles. The summed E-state index contributed by atoms with van der Waals surface area (Å²) in [7, 11) is 0. The number of nitrogens with one attached hydrogen (secondary N) is 2. The number of halogens is 2. The van der Waals surface area contributed by atoms with Crippen molar-refractivity contribution in [1.82, 2.24) is 0 Å². The number of benzene rings is 2. The predicted octanol–water partition coefficient (Wildman–Crippen LogP) is 3.55. The van der Waals surface area contributed by atoms with Crippen molar-refractivity contribution in [1.29, 1.82) is 0 Å². The maximum Gasteiger partial charge on any atom is 0.306 e. The number of nitro groups is 1. The number of nitro benzene ring substituents is 1. The van der Waals surface area contributed by atoms with Gasteiger partial charge in [-0.1, -0.05) is 15.9 Å². The average Bonchev–Trinajstić information content (AvgIpc) is 2.48. The molecule has 0 aliphatic carbocycles. The van der Waals surface area contributed by atoms with Crippen LogP contribution in [-0.4, -0.2) is 17.4 Å². The Labute approximate surface area is 133 Å². The summed E-state index contributed by atoms with van der Waals surface area (Å²) in [6.45, 7) is -0.0984. The number of nitrogens with zero attached hydrogens (tertiary/aromatic N) is 1. The van der Waals surface area contributed by atoms with Gasteiger partial charge < -0.3 is 10.6 Å². The molecule has 114 valence electrons. The Bertz CT molecular complexity index is 707. The molecule has 0 radical (unpaired) electrons. The predicted molar refractivity (Wildman–Crippen MR) is 84.3 cm³/mol. The van der Waals surface area contributed by atoms with Crippen molar-refractivity contribution in [2.45, 2.75) is 0 Å². The first kappa shape index (κ1) is 15.9. The van der Waals surface area contributed by atoms with Crippen LogP contribution in [0.4, 0.5) is 21.5 Å². The van der Waals surface area contributed by atoms with Gasteiger partial charge >= 0.3 is 5.69 Å². The molecule has 0 unspecified atom stereocenters. The summed E-state index contributed by atoms with van der Waals surface area (Å²) in [5, 5.41) is 16.0. The minimum Gasteiger partial charge on any atom is -0.376 e. The Morgan fingerprint density at radius 2 is 1.82 bits per heavy atom. The maximum absolute atomic E-state index is 13.2. The monoisotopic (exact) mass is 367 g/mol. The van der Waals surface area contributed by atoms with Crippen LogP contribution in [0.15, 0.2) is 46.9 Å². The number of hydrogen-bond donors (Lipinski definition) is 2. The molecule has 1 amide bonds. The molecule has 2 rings (SSSR count). The highest BCUT2D eigenvalue weighted by Crippen LogP contribution is 2.21. The van der Waals surface area contributed by atoms with Gasteiger partial charge in [0, 0.05) is 21.9 Å². The number of amides is 1. The fourth-order valence-electron chi connectivity index (χ4n) is 1.68. The van der Waals surface area contributed by atoms with Crippen molar-refractivity contribution in [2.24, 2.45) is 0 Å². The molecule has 6 nitrogen and oxygen atoms in total. The van der Waals surface area contributed by atoms with E-state index in [0.717, 1.165) is 16.6 Å². The molecule has 2 N–H and O–H groups in total. The lowest BCUT2D eigenvalue weighted by atomic mass is 10.2. The lowest BCUT2D eigenvalue weighted by molar-refractivity contribution is -0.387. The van der Waals surface area contributed by atoms with Gasteiger partial charge in [0.25, 0.3) is 0 Å². The highest BCUT2D eigenvalue weighted by Gasteiger charge is 2.14. The molecule has 0 aliphatic rings. The largest absolute Gasteiger partial charge is 0.376 e. The Morgan fingerprint density at radius 3 is 2.45 bits per heavy atom. The molecule has 0 spiro atoms. The molecule has 0 aliphatic heterocycles. The van der Waals surface area contributed by atoms with E-state index in [1.807, 2.05) is 0 Å². The smallest absolute Gasteiger partial charge is 0.306 e. The zero-order chi connectivity index (χ0) is 16.1. The SMILES string of the molecule is O=C(CNc1ccc(F)c([N+](=O)[O-])c1)Nc1ccc(Br)cc1. The molecule has 0 saturated carbocycles. The van der Waals surface area contributed by atoms with Crippen LogP contribution in [0.3, 0.4) is 0 Å². The van der Waals surface area contributed by atoms with Gasteiger partial charge in [-0.05, 0) is 36.4 Å². The normalized spacial score (nSPS) is 10.1. The van der Waals surface area contributed by atoms with Crippen LogP contribution in [0.2, 0.25) is 0 Å². The second-order valence-corrected chi connectivity index (χ2v) is 5.25. The molecule has 0 saturated heterocycles. The highest BCUT2D eigenvalue weighted by atomic mass is 79.9. The van der Waals surface area contributed by atoms with E-state index in [4.69, 9.17) is 0 Å². The van der Waals surface area contributed by atoms with Crippen LogP contribution >= 0.6 is 15.9 Å². The van der Waals surface area contributed by atoms with Gasteiger partial charge in [-0.25, -0.2) is 0 Å². The second kappa shape index (κ2) is 6.99. The molecule has 0 fully saturated rings. The van der Waals surface area contributed by atoms with Crippen LogP contribution in [0.5, 0.6) is 0 Å². The van der Waals surface area contributed by atoms with Crippen LogP contribution < -0.4 is 10.6 Å². The lowest BCUT2D eigenvalue weighted by Crippen LogP contribution is -2.21. The first-order valence-electron chi connectivity index (χ1n) is 6.19. The van der Waals surface area contributed by atoms with Crippen molar-refractivity contribution in [3.63, 3.8) is 0 Å². The molecular formula is C14H11BrFN3O3. The molecule has 2 aromatic rings. The van der Waals surface area contributed by atoms with E-state index >= 15 is 0 Å². The van der Waals surface area contributed by atoms with E-state index in [-0.39, 0.29) is 12.5 Å². The third-order valence-corrected chi connectivity index (χ3v) is 3.25. The Hall–Kier alpha value is -2.48. The van der Waals surface area contributed by atoms with E-state index in [0.29, 0.717) is 11.4 Å². The van der Waals surface area contributed by atoms with Crippen LogP contribution in [0.1, 0.15) is 0 Å². The first-order chi connectivity index (χ1) is 10.5. The fraction of sp³-hybridized carbons (Fsp3) is 0.0714. The summed E-state index contributed by atoms with van der Waals surface area (Å²) < 4.78 is 14.1. The zero-order valence-corrected chi connectivity index (χ0v) is 12.8. The van der Waals surface area contributed by atoms with Gasteiger partial charge in [0.2, 0.25) is 11.7 Å². The minimum atomic E-state index is -0.921. The summed E-state index contributed by atoms with van der Waals surface area (Å²) in [6, 6.07) is 10.4. The van der Waals surface area contributed by atoms with Gasteiger partial charge in [-0.15, -0.1) is 0 Å². The van der Waals surface area contributed by atoms with Gasteiger partial charge in [0.15, 0.2) is 0 Å². The fourth-order valence-corrected chi connectivity index (χ4v) is 1.95. The zero-order valence-electron chi connectivity index (χ0n) is 11.2. The summed E-state index contributed by atoms with van der Waals surface area (Å²) >= 11 is 3.29. The summed E-state index contributed by atoms with van der Waals surface area (Å²) in [6.07, 6.45) is 0. The molecule has 0 heterocycles. The van der Waals surface area contributed by atoms with Gasteiger partial charge in [0.05, 0.1) is 11.5 Å². The number of carbonyl (C=O) groups excluding carboxylic acids is 1. The molecule has 22 heavy (non-hydrogen) atoms. The molecule has 0 bridgehead atoms. The van der Waals surface area contributed by atoms with Crippen LogP contribution in [0.25, 0.3) is 0 Å². The maximum atomic E-state index is 13.2. The average molecular weight is 368 g/mol. The van der Waals surface area contributed by atoms with E-state index in [9.17, 15) is 19.3 Å². The van der Waals surface area contributed by atoms with Crippen molar-refractivity contribution in [3.8, 4) is 0 Å². The number of carbonyl (C=O) groups is 1. The lowest BCUT2D eigenvalue weighted by Gasteiger charge is -2.08. The molecule has 0 atom stereocenters. The standard InChI is InChI=1S/C14H11BrFN3O3/c15-9-1-3-10(4-2-9)18-14(20)8-17-11-5-6-12(16)13(7-11)19(21)22/h1-7,17H,8H2,(H,18,20). The Balaban J connectivity index is 1.95. The van der Waals surface area contributed by atoms with Gasteiger partial charge in [-0.2, -0.15) is 4.39 Å². The number of rotatable bonds is 5. The van der Waals surface area contributed by atoms with Crippen molar-refractivity contribution >= 4 is 38.9 Å². The topological polar surface area (TPSA) is 84.3 Å². The molecule has 8 heteroatoms. The van der Waals surface area contributed by atoms with E-state index < -0.39 is 16.4 Å². The van der Waals surface area contributed by atoms with Gasteiger partial charge in [-0.3, -0.25) is 14.9 Å². The second-order valence-electron chi connectivity index (χ2n) is 4.33. The molecular weight excluding hydrogens is 357 g/mol. The Kier molecular flexibility index (Phi) is 5.05. The van der Waals surface area contributed by atoms with Gasteiger partial charge in [0.1, 0.15) is 0 Å². The van der Waals surface area contributed by atoms with E-state index in [1.165, 1.54) is 6.07 Å². The van der Waals surface area contributed by atoms with Crippen LogP contribution in [-0.2, 0) is 4.79 Å². The summed E-state index contributed by atoms with van der Waals surface area (Å²) in [5.41, 5.74) is 0.275. The number of hydrogen-bond acceptors (Lipinski definition) is 4. The van der Waals surface area contributed by atoms with E-state index in [1.54, 1.807) is 24.3 Å². The van der Waals surface area contributed by atoms with Crippen molar-refractivity contribution < 1.29 is 14.1 Å². The number of anilines is 2. The third kappa shape index (κ3) is 4.26. The van der Waals surface area contributed by atoms with Crippen molar-refractivity contribution in [3.05, 3.63) is 62.9 Å². The van der Waals surface area contributed by atoms with Crippen LogP contribution in [0, 0.1) is 15.9 Å². The third-order valence-electron chi connectivity index (χ3n) is 2.72. The quantitative estimate of drug-likeness (QED) is 0.625. The summed E-state index contributed by atoms with van der Waals surface area (Å²) in [4.78, 5) is 21.6. The summed E-state index contributed by atoms with van der Waals surface area (Å²) in [5.74, 6) is -1.25. The highest BCUT2D eigenvalue weighted by molar-refractivity contribution is 9.10. The first-order valence-corrected chi connectivity index (χ1v) is 6.98. The van der Waals surface area contributed by atoms with Crippen molar-refractivity contribution in [2.75, 3.05) is 17.2 Å².